The number of carboxylic acid groups (broad SMARTS) is 1. The Balaban J connectivity index is 1.59. The Morgan fingerprint density at radius 1 is 0.982 bits per heavy atom. The summed E-state index contributed by atoms with van der Waals surface area (Å²) in [5.41, 5.74) is 1.75. The number of ether oxygens (including phenoxy) is 2. The molecule has 1 aliphatic heterocycles. The van der Waals surface area contributed by atoms with Crippen molar-refractivity contribution < 1.29 is 38.6 Å². The average Bonchev–Trinajstić information content (AvgIpc) is 3.67. The summed E-state index contributed by atoms with van der Waals surface area (Å²) in [6, 6.07) is 14.3. The summed E-state index contributed by atoms with van der Waals surface area (Å²) in [4.78, 5) is 72.0. The van der Waals surface area contributed by atoms with E-state index in [0.29, 0.717) is 29.2 Å². The molecule has 13 nitrogen and oxygen atoms in total. The molecule has 1 saturated heterocycles. The standard InChI is InChI=1S/C41H55N5O8S/c1-7-25(2)36(45-38(49)34-15-11-12-20-46(34)5)39(50)43-32(29-16-18-31(53-6)19-17-29)23-35(54-27(4)47)40-44-33(24-55-40)37(48)42-30(21-26(3)41(51)52)22-28-13-9-8-10-14-28/h8-10,13-14,16-19,24-26,30,32,34-36H,7,11-12,15,20-23H2,1-6H3,(H,42,48)(H,43,50)(H,45,49)(H,51,52)/t25-,26-,30+,32+,34?,35+,36-/m0/s1. The third-order valence-corrected chi connectivity index (χ3v) is 11.1. The van der Waals surface area contributed by atoms with E-state index in [1.54, 1.807) is 31.5 Å². The molecule has 3 aromatic rings. The number of aromatic nitrogens is 1. The van der Waals surface area contributed by atoms with Gasteiger partial charge in [0, 0.05) is 24.8 Å². The van der Waals surface area contributed by atoms with E-state index in [2.05, 4.69) is 20.9 Å². The van der Waals surface area contributed by atoms with Crippen LogP contribution in [0, 0.1) is 11.8 Å². The maximum absolute atomic E-state index is 14.2. The summed E-state index contributed by atoms with van der Waals surface area (Å²) in [6.45, 7) is 7.59. The predicted molar refractivity (Wildman–Crippen MR) is 210 cm³/mol. The molecule has 1 fully saturated rings. The van der Waals surface area contributed by atoms with Gasteiger partial charge in [0.25, 0.3) is 5.91 Å². The molecule has 0 radical (unpaired) electrons. The topological polar surface area (TPSA) is 176 Å². The highest BCUT2D eigenvalue weighted by Crippen LogP contribution is 2.33. The summed E-state index contributed by atoms with van der Waals surface area (Å²) in [5.74, 6) is -2.83. The number of carboxylic acids is 1. The molecule has 55 heavy (non-hydrogen) atoms. The number of methoxy groups -OCH3 is 1. The summed E-state index contributed by atoms with van der Waals surface area (Å²) >= 11 is 1.14. The molecule has 298 valence electrons. The highest BCUT2D eigenvalue weighted by Gasteiger charge is 2.34. The molecule has 2 aromatic carbocycles. The van der Waals surface area contributed by atoms with Gasteiger partial charge in [0.2, 0.25) is 11.8 Å². The molecule has 1 aliphatic rings. The van der Waals surface area contributed by atoms with E-state index in [1.807, 2.05) is 68.3 Å². The summed E-state index contributed by atoms with van der Waals surface area (Å²) < 4.78 is 11.2. The minimum Gasteiger partial charge on any atom is -0.497 e. The van der Waals surface area contributed by atoms with Crippen LogP contribution in [0.4, 0.5) is 0 Å². The van der Waals surface area contributed by atoms with Gasteiger partial charge in [-0.1, -0.05) is 76.1 Å². The van der Waals surface area contributed by atoms with E-state index in [0.717, 1.165) is 42.7 Å². The number of nitrogens with zero attached hydrogens (tertiary/aromatic N) is 2. The van der Waals surface area contributed by atoms with Gasteiger partial charge in [-0.25, -0.2) is 4.98 Å². The number of hydrogen-bond donors (Lipinski definition) is 4. The first kappa shape index (κ1) is 42.9. The molecule has 0 bridgehead atoms. The summed E-state index contributed by atoms with van der Waals surface area (Å²) in [6.07, 6.45) is 3.10. The van der Waals surface area contributed by atoms with Crippen molar-refractivity contribution in [1.29, 1.82) is 0 Å². The fourth-order valence-corrected chi connectivity index (χ4v) is 7.61. The Morgan fingerprint density at radius 3 is 2.31 bits per heavy atom. The number of rotatable bonds is 19. The van der Waals surface area contributed by atoms with Crippen LogP contribution in [0.1, 0.15) is 105 Å². The van der Waals surface area contributed by atoms with Crippen LogP contribution in [0.25, 0.3) is 0 Å². The Morgan fingerprint density at radius 2 is 1.69 bits per heavy atom. The number of hydrogen-bond acceptors (Lipinski definition) is 10. The lowest BCUT2D eigenvalue weighted by Gasteiger charge is -2.34. The van der Waals surface area contributed by atoms with Gasteiger partial charge in [0.15, 0.2) is 6.10 Å². The second kappa shape index (κ2) is 20.7. The van der Waals surface area contributed by atoms with E-state index in [1.165, 1.54) is 6.92 Å². The third kappa shape index (κ3) is 12.6. The van der Waals surface area contributed by atoms with Gasteiger partial charge in [-0.2, -0.15) is 0 Å². The number of likely N-dealkylation sites (N-methyl/N-ethyl adjacent to an activating group) is 1. The predicted octanol–water partition coefficient (Wildman–Crippen LogP) is 5.47. The van der Waals surface area contributed by atoms with Gasteiger partial charge >= 0.3 is 11.9 Å². The first-order valence-electron chi connectivity index (χ1n) is 18.9. The number of piperidine rings is 1. The van der Waals surface area contributed by atoms with Gasteiger partial charge in [-0.05, 0) is 68.5 Å². The van der Waals surface area contributed by atoms with E-state index < -0.39 is 48.0 Å². The number of aliphatic carboxylic acids is 1. The fourth-order valence-electron chi connectivity index (χ4n) is 6.77. The smallest absolute Gasteiger partial charge is 0.306 e. The number of nitrogens with one attached hydrogen (secondary N) is 3. The normalized spacial score (nSPS) is 17.7. The molecule has 3 amide bonds. The molecule has 2 heterocycles. The molecule has 4 N–H and O–H groups in total. The van der Waals surface area contributed by atoms with Crippen LogP contribution in [0.5, 0.6) is 5.75 Å². The van der Waals surface area contributed by atoms with Crippen LogP contribution < -0.4 is 20.7 Å². The number of benzene rings is 2. The molecule has 1 unspecified atom stereocenters. The Kier molecular flexibility index (Phi) is 16.2. The number of carbonyl (C=O) groups is 5. The minimum atomic E-state index is -0.958. The van der Waals surface area contributed by atoms with Crippen LogP contribution in [0.3, 0.4) is 0 Å². The monoisotopic (exact) mass is 777 g/mol. The van der Waals surface area contributed by atoms with Gasteiger partial charge in [-0.15, -0.1) is 11.3 Å². The van der Waals surface area contributed by atoms with Crippen molar-refractivity contribution in [1.82, 2.24) is 25.8 Å². The van der Waals surface area contributed by atoms with Crippen molar-refractivity contribution in [2.24, 2.45) is 11.8 Å². The number of esters is 1. The molecular formula is C41H55N5O8S. The van der Waals surface area contributed by atoms with E-state index in [4.69, 9.17) is 9.47 Å². The number of amides is 3. The first-order valence-corrected chi connectivity index (χ1v) is 19.8. The van der Waals surface area contributed by atoms with Crippen molar-refractivity contribution in [2.45, 2.75) is 103 Å². The average molecular weight is 778 g/mol. The van der Waals surface area contributed by atoms with Crippen molar-refractivity contribution >= 4 is 41.0 Å². The molecule has 0 spiro atoms. The number of thiazole rings is 1. The molecule has 14 heteroatoms. The van der Waals surface area contributed by atoms with Crippen molar-refractivity contribution in [3.63, 3.8) is 0 Å². The third-order valence-electron chi connectivity index (χ3n) is 10.2. The van der Waals surface area contributed by atoms with Crippen molar-refractivity contribution in [3.05, 3.63) is 81.8 Å². The van der Waals surface area contributed by atoms with Gasteiger partial charge in [0.1, 0.15) is 22.5 Å². The largest absolute Gasteiger partial charge is 0.497 e. The van der Waals surface area contributed by atoms with E-state index >= 15 is 0 Å². The highest BCUT2D eigenvalue weighted by atomic mass is 32.1. The molecular weight excluding hydrogens is 723 g/mol. The lowest BCUT2D eigenvalue weighted by molar-refractivity contribution is -0.147. The molecule has 0 saturated carbocycles. The Labute approximate surface area is 327 Å². The molecule has 0 aliphatic carbocycles. The molecule has 4 rings (SSSR count). The zero-order valence-corrected chi connectivity index (χ0v) is 33.4. The second-order valence-electron chi connectivity index (χ2n) is 14.4. The molecule has 1 aromatic heterocycles. The van der Waals surface area contributed by atoms with Gasteiger partial charge in [0.05, 0.1) is 25.1 Å². The van der Waals surface area contributed by atoms with Crippen LogP contribution in [0.15, 0.2) is 60.0 Å². The second-order valence-corrected chi connectivity index (χ2v) is 15.3. The van der Waals surface area contributed by atoms with Gasteiger partial charge in [-0.3, -0.25) is 28.9 Å². The van der Waals surface area contributed by atoms with E-state index in [-0.39, 0.29) is 42.3 Å². The number of carbonyl (C=O) groups excluding carboxylic acids is 4. The zero-order chi connectivity index (χ0) is 40.1. The van der Waals surface area contributed by atoms with Crippen LogP contribution >= 0.6 is 11.3 Å². The zero-order valence-electron chi connectivity index (χ0n) is 32.6. The SMILES string of the molecule is CC[C@H](C)[C@H](NC(=O)C1CCCCN1C)C(=O)N[C@H](C[C@@H](OC(C)=O)c1nc(C(=O)N[C@@H](Cc2ccccc2)C[C@H](C)C(=O)O)cs1)c1ccc(OC)cc1. The first-order chi connectivity index (χ1) is 26.3. The quantitative estimate of drug-likeness (QED) is 0.114. The summed E-state index contributed by atoms with van der Waals surface area (Å²) in [7, 11) is 3.48. The Bertz CT molecular complexity index is 1740. The van der Waals surface area contributed by atoms with Crippen LogP contribution in [-0.4, -0.2) is 83.5 Å². The minimum absolute atomic E-state index is 0.0749. The summed E-state index contributed by atoms with van der Waals surface area (Å²) in [5, 5.41) is 20.6. The van der Waals surface area contributed by atoms with Crippen LogP contribution in [-0.2, 0) is 30.3 Å². The van der Waals surface area contributed by atoms with Crippen LogP contribution in [0.2, 0.25) is 0 Å². The Hall–Kier alpha value is -4.82. The number of likely N-dealkylation sites (tertiary alicyclic amines) is 1. The fraction of sp³-hybridized carbons (Fsp3) is 0.512. The maximum atomic E-state index is 14.2. The van der Waals surface area contributed by atoms with Gasteiger partial charge < -0.3 is 30.5 Å². The lowest BCUT2D eigenvalue weighted by Crippen LogP contribution is -2.56. The maximum Gasteiger partial charge on any atom is 0.306 e. The molecule has 7 atom stereocenters. The van der Waals surface area contributed by atoms with Crippen molar-refractivity contribution in [3.8, 4) is 5.75 Å². The van der Waals surface area contributed by atoms with E-state index in [9.17, 15) is 29.1 Å². The highest BCUT2D eigenvalue weighted by molar-refractivity contribution is 7.09. The lowest BCUT2D eigenvalue weighted by atomic mass is 9.94. The van der Waals surface area contributed by atoms with Crippen molar-refractivity contribution in [2.75, 3.05) is 20.7 Å².